The first kappa shape index (κ1) is 17.9. The fourth-order valence-electron chi connectivity index (χ4n) is 2.30. The molecule has 0 aliphatic carbocycles. The van der Waals surface area contributed by atoms with E-state index >= 15 is 0 Å². The van der Waals surface area contributed by atoms with Gasteiger partial charge in [0.15, 0.2) is 0 Å². The van der Waals surface area contributed by atoms with Crippen molar-refractivity contribution in [2.24, 2.45) is 11.7 Å². The van der Waals surface area contributed by atoms with Gasteiger partial charge in [-0.25, -0.2) is 0 Å². The standard InChI is InChI=1S/C15H24BrClN2O/c1-11(2)10-19(6-7-20-3)15(9-18)13-5-4-12(16)8-14(13)17/h4-5,8,11,15H,6-7,9-10,18H2,1-3H3. The Morgan fingerprint density at radius 2 is 2.10 bits per heavy atom. The van der Waals surface area contributed by atoms with Crippen LogP contribution in [0.1, 0.15) is 25.5 Å². The summed E-state index contributed by atoms with van der Waals surface area (Å²) in [6.07, 6.45) is 0. The zero-order valence-electron chi connectivity index (χ0n) is 12.4. The summed E-state index contributed by atoms with van der Waals surface area (Å²) in [5.74, 6) is 0.565. The molecule has 1 unspecified atom stereocenters. The third-order valence-electron chi connectivity index (χ3n) is 3.17. The van der Waals surface area contributed by atoms with E-state index in [2.05, 4.69) is 34.7 Å². The minimum atomic E-state index is 0.119. The second-order valence-corrected chi connectivity index (χ2v) is 6.62. The molecule has 0 heterocycles. The molecule has 0 aromatic heterocycles. The molecule has 0 spiro atoms. The number of methoxy groups -OCH3 is 1. The van der Waals surface area contributed by atoms with E-state index in [1.807, 2.05) is 18.2 Å². The van der Waals surface area contributed by atoms with Gasteiger partial charge >= 0.3 is 0 Å². The van der Waals surface area contributed by atoms with Gasteiger partial charge in [0.1, 0.15) is 0 Å². The molecule has 0 fully saturated rings. The minimum Gasteiger partial charge on any atom is -0.383 e. The van der Waals surface area contributed by atoms with E-state index < -0.39 is 0 Å². The fourth-order valence-corrected chi connectivity index (χ4v) is 3.10. The molecule has 3 nitrogen and oxygen atoms in total. The average molecular weight is 364 g/mol. The highest BCUT2D eigenvalue weighted by Gasteiger charge is 2.22. The number of rotatable bonds is 8. The summed E-state index contributed by atoms with van der Waals surface area (Å²) in [6.45, 7) is 7.46. The van der Waals surface area contributed by atoms with Crippen LogP contribution in [0.25, 0.3) is 0 Å². The van der Waals surface area contributed by atoms with Crippen molar-refractivity contribution in [2.75, 3.05) is 33.4 Å². The summed E-state index contributed by atoms with van der Waals surface area (Å²) in [5.41, 5.74) is 7.09. The number of hydrogen-bond donors (Lipinski definition) is 1. The van der Waals surface area contributed by atoms with Crippen molar-refractivity contribution in [1.82, 2.24) is 4.90 Å². The topological polar surface area (TPSA) is 38.5 Å². The van der Waals surface area contributed by atoms with Gasteiger partial charge in [-0.1, -0.05) is 47.4 Å². The van der Waals surface area contributed by atoms with Crippen LogP contribution in [0.4, 0.5) is 0 Å². The lowest BCUT2D eigenvalue weighted by Crippen LogP contribution is -2.38. The average Bonchev–Trinajstić information content (AvgIpc) is 2.38. The lowest BCUT2D eigenvalue weighted by Gasteiger charge is -2.33. The SMILES string of the molecule is COCCN(CC(C)C)C(CN)c1ccc(Br)cc1Cl. The first-order valence-corrected chi connectivity index (χ1v) is 8.04. The predicted molar refractivity (Wildman–Crippen MR) is 89.2 cm³/mol. The van der Waals surface area contributed by atoms with Gasteiger partial charge in [0, 0.05) is 42.3 Å². The van der Waals surface area contributed by atoms with Gasteiger partial charge in [0.2, 0.25) is 0 Å². The summed E-state index contributed by atoms with van der Waals surface area (Å²) in [4.78, 5) is 2.35. The molecule has 0 radical (unpaired) electrons. The Morgan fingerprint density at radius 1 is 1.40 bits per heavy atom. The fraction of sp³-hybridized carbons (Fsp3) is 0.600. The summed E-state index contributed by atoms with van der Waals surface area (Å²) in [6, 6.07) is 6.09. The van der Waals surface area contributed by atoms with E-state index in [-0.39, 0.29) is 6.04 Å². The Labute approximate surface area is 135 Å². The van der Waals surface area contributed by atoms with Gasteiger partial charge in [-0.15, -0.1) is 0 Å². The Bertz CT molecular complexity index is 415. The Balaban J connectivity index is 2.98. The van der Waals surface area contributed by atoms with Crippen molar-refractivity contribution >= 4 is 27.5 Å². The van der Waals surface area contributed by atoms with E-state index in [9.17, 15) is 0 Å². The van der Waals surface area contributed by atoms with Crippen molar-refractivity contribution in [1.29, 1.82) is 0 Å². The van der Waals surface area contributed by atoms with E-state index in [0.717, 1.165) is 28.1 Å². The maximum atomic E-state index is 6.37. The van der Waals surface area contributed by atoms with Gasteiger partial charge in [-0.05, 0) is 23.6 Å². The van der Waals surface area contributed by atoms with E-state index in [1.165, 1.54) is 0 Å². The van der Waals surface area contributed by atoms with Crippen LogP contribution in [0.5, 0.6) is 0 Å². The zero-order chi connectivity index (χ0) is 15.1. The quantitative estimate of drug-likeness (QED) is 0.765. The number of ether oxygens (including phenoxy) is 1. The van der Waals surface area contributed by atoms with Crippen molar-refractivity contribution in [3.8, 4) is 0 Å². The van der Waals surface area contributed by atoms with Crippen molar-refractivity contribution in [2.45, 2.75) is 19.9 Å². The number of nitrogens with zero attached hydrogens (tertiary/aromatic N) is 1. The van der Waals surface area contributed by atoms with Crippen LogP contribution < -0.4 is 5.73 Å². The molecule has 0 aliphatic rings. The van der Waals surface area contributed by atoms with Crippen LogP contribution in [-0.4, -0.2) is 38.3 Å². The summed E-state index contributed by atoms with van der Waals surface area (Å²) in [5, 5.41) is 0.751. The van der Waals surface area contributed by atoms with Crippen molar-refractivity contribution < 1.29 is 4.74 Å². The van der Waals surface area contributed by atoms with Gasteiger partial charge in [-0.3, -0.25) is 4.90 Å². The highest BCUT2D eigenvalue weighted by Crippen LogP contribution is 2.30. The normalized spacial score (nSPS) is 13.2. The van der Waals surface area contributed by atoms with Gasteiger partial charge in [-0.2, -0.15) is 0 Å². The maximum Gasteiger partial charge on any atom is 0.0589 e. The summed E-state index contributed by atoms with van der Waals surface area (Å²) >= 11 is 9.81. The van der Waals surface area contributed by atoms with Crippen molar-refractivity contribution in [3.05, 3.63) is 33.3 Å². The second kappa shape index (κ2) is 9.00. The molecular weight excluding hydrogens is 340 g/mol. The molecule has 0 amide bonds. The van der Waals surface area contributed by atoms with E-state index in [0.29, 0.717) is 19.1 Å². The first-order chi connectivity index (χ1) is 9.49. The zero-order valence-corrected chi connectivity index (χ0v) is 14.7. The number of halogens is 2. The van der Waals surface area contributed by atoms with Crippen LogP contribution in [-0.2, 0) is 4.74 Å². The number of benzene rings is 1. The first-order valence-electron chi connectivity index (χ1n) is 6.87. The second-order valence-electron chi connectivity index (χ2n) is 5.30. The monoisotopic (exact) mass is 362 g/mol. The lowest BCUT2D eigenvalue weighted by molar-refractivity contribution is 0.112. The molecule has 1 aromatic carbocycles. The highest BCUT2D eigenvalue weighted by atomic mass is 79.9. The van der Waals surface area contributed by atoms with E-state index in [4.69, 9.17) is 22.1 Å². The smallest absolute Gasteiger partial charge is 0.0589 e. The van der Waals surface area contributed by atoms with Crippen LogP contribution in [0, 0.1) is 5.92 Å². The van der Waals surface area contributed by atoms with Crippen LogP contribution in [0.15, 0.2) is 22.7 Å². The molecule has 1 aromatic rings. The summed E-state index contributed by atoms with van der Waals surface area (Å²) < 4.78 is 6.19. The molecule has 114 valence electrons. The van der Waals surface area contributed by atoms with Gasteiger partial charge in [0.05, 0.1) is 6.61 Å². The molecule has 1 rings (SSSR count). The Hall–Kier alpha value is -0.130. The third kappa shape index (κ3) is 5.34. The van der Waals surface area contributed by atoms with E-state index in [1.54, 1.807) is 7.11 Å². The summed E-state index contributed by atoms with van der Waals surface area (Å²) in [7, 11) is 1.72. The maximum absolute atomic E-state index is 6.37. The van der Waals surface area contributed by atoms with Gasteiger partial charge < -0.3 is 10.5 Å². The molecule has 0 saturated heterocycles. The third-order valence-corrected chi connectivity index (χ3v) is 3.99. The molecule has 1 atom stereocenters. The van der Waals surface area contributed by atoms with Gasteiger partial charge in [0.25, 0.3) is 0 Å². The highest BCUT2D eigenvalue weighted by molar-refractivity contribution is 9.10. The molecule has 5 heteroatoms. The molecule has 0 bridgehead atoms. The molecular formula is C15H24BrClN2O. The Morgan fingerprint density at radius 3 is 2.60 bits per heavy atom. The van der Waals surface area contributed by atoms with Crippen molar-refractivity contribution in [3.63, 3.8) is 0 Å². The molecule has 2 N–H and O–H groups in total. The largest absolute Gasteiger partial charge is 0.383 e. The van der Waals surface area contributed by atoms with Crippen LogP contribution in [0.3, 0.4) is 0 Å². The van der Waals surface area contributed by atoms with Crippen LogP contribution >= 0.6 is 27.5 Å². The lowest BCUT2D eigenvalue weighted by atomic mass is 10.0. The molecule has 20 heavy (non-hydrogen) atoms. The minimum absolute atomic E-state index is 0.119. The predicted octanol–water partition coefficient (Wildman–Crippen LogP) is 3.71. The molecule has 0 aliphatic heterocycles. The Kier molecular flexibility index (Phi) is 8.07. The number of nitrogens with two attached hydrogens (primary N) is 1. The molecule has 0 saturated carbocycles. The van der Waals surface area contributed by atoms with Crippen LogP contribution in [0.2, 0.25) is 5.02 Å². The number of hydrogen-bond acceptors (Lipinski definition) is 3.